The molecule has 0 aliphatic rings. The van der Waals surface area contributed by atoms with E-state index in [4.69, 9.17) is 4.74 Å². The minimum absolute atomic E-state index is 0.0268. The maximum Gasteiger partial charge on any atom is 0.246 e. The molecule has 84 valence electrons. The van der Waals surface area contributed by atoms with E-state index in [0.29, 0.717) is 0 Å². The monoisotopic (exact) mass is 219 g/mol. The van der Waals surface area contributed by atoms with Crippen LogP contribution < -0.4 is 5.32 Å². The number of thioether (sulfide) groups is 1. The van der Waals surface area contributed by atoms with Crippen LogP contribution >= 0.6 is 11.8 Å². The maximum absolute atomic E-state index is 11.2. The molecule has 0 heterocycles. The zero-order chi connectivity index (χ0) is 11.0. The standard InChI is InChI=1S/C10H21NO2S/c1-10(2,3)13-8-9(12)11-6-5-7-14-4/h5-8H2,1-4H3,(H,11,12). The average molecular weight is 219 g/mol. The molecular weight excluding hydrogens is 198 g/mol. The summed E-state index contributed by atoms with van der Waals surface area (Å²) >= 11 is 1.79. The number of amides is 1. The van der Waals surface area contributed by atoms with Crippen molar-refractivity contribution in [3.63, 3.8) is 0 Å². The smallest absolute Gasteiger partial charge is 0.246 e. The zero-order valence-corrected chi connectivity index (χ0v) is 10.4. The van der Waals surface area contributed by atoms with Crippen molar-refractivity contribution in [2.75, 3.05) is 25.2 Å². The Morgan fingerprint density at radius 1 is 1.43 bits per heavy atom. The summed E-state index contributed by atoms with van der Waals surface area (Å²) in [4.78, 5) is 11.2. The predicted molar refractivity (Wildman–Crippen MR) is 61.7 cm³/mol. The van der Waals surface area contributed by atoms with Gasteiger partial charge in [-0.2, -0.15) is 11.8 Å². The second kappa shape index (κ2) is 7.12. The van der Waals surface area contributed by atoms with E-state index in [1.807, 2.05) is 20.8 Å². The number of carbonyl (C=O) groups excluding carboxylic acids is 1. The molecule has 0 unspecified atom stereocenters. The second-order valence-corrected chi connectivity index (χ2v) is 5.08. The third-order valence-electron chi connectivity index (χ3n) is 1.48. The Labute approximate surface area is 91.0 Å². The largest absolute Gasteiger partial charge is 0.366 e. The Bertz CT molecular complexity index is 166. The third kappa shape index (κ3) is 9.86. The SMILES string of the molecule is CSCCCNC(=O)COC(C)(C)C. The molecular formula is C10H21NO2S. The van der Waals surface area contributed by atoms with E-state index >= 15 is 0 Å². The zero-order valence-electron chi connectivity index (χ0n) is 9.55. The first-order valence-corrected chi connectivity index (χ1v) is 6.24. The number of ether oxygens (including phenoxy) is 1. The highest BCUT2D eigenvalue weighted by Crippen LogP contribution is 2.05. The van der Waals surface area contributed by atoms with Crippen molar-refractivity contribution in [3.05, 3.63) is 0 Å². The van der Waals surface area contributed by atoms with E-state index < -0.39 is 0 Å². The maximum atomic E-state index is 11.2. The Morgan fingerprint density at radius 2 is 2.07 bits per heavy atom. The summed E-state index contributed by atoms with van der Waals surface area (Å²) in [5.41, 5.74) is -0.239. The summed E-state index contributed by atoms with van der Waals surface area (Å²) in [5, 5.41) is 2.81. The molecule has 0 aromatic carbocycles. The lowest BCUT2D eigenvalue weighted by atomic mass is 10.2. The van der Waals surface area contributed by atoms with Gasteiger partial charge in [-0.15, -0.1) is 0 Å². The lowest BCUT2D eigenvalue weighted by molar-refractivity contribution is -0.130. The van der Waals surface area contributed by atoms with Crippen LogP contribution in [-0.4, -0.2) is 36.7 Å². The van der Waals surface area contributed by atoms with Crippen LogP contribution in [-0.2, 0) is 9.53 Å². The average Bonchev–Trinajstić information content (AvgIpc) is 2.08. The van der Waals surface area contributed by atoms with Crippen molar-refractivity contribution >= 4 is 17.7 Å². The first-order chi connectivity index (χ1) is 6.45. The van der Waals surface area contributed by atoms with Crippen LogP contribution in [0.2, 0.25) is 0 Å². The lowest BCUT2D eigenvalue weighted by Crippen LogP contribution is -2.32. The topological polar surface area (TPSA) is 38.3 Å². The summed E-state index contributed by atoms with van der Waals surface area (Å²) < 4.78 is 5.33. The van der Waals surface area contributed by atoms with Gasteiger partial charge in [0.05, 0.1) is 5.60 Å². The van der Waals surface area contributed by atoms with Gasteiger partial charge in [-0.1, -0.05) is 0 Å². The van der Waals surface area contributed by atoms with Gasteiger partial charge >= 0.3 is 0 Å². The number of hydrogen-bond donors (Lipinski definition) is 1. The number of hydrogen-bond acceptors (Lipinski definition) is 3. The molecule has 3 nitrogen and oxygen atoms in total. The number of nitrogens with one attached hydrogen (secondary N) is 1. The molecule has 0 aromatic rings. The van der Waals surface area contributed by atoms with Gasteiger partial charge in [0, 0.05) is 6.54 Å². The van der Waals surface area contributed by atoms with Gasteiger partial charge in [-0.25, -0.2) is 0 Å². The van der Waals surface area contributed by atoms with Gasteiger partial charge in [0.2, 0.25) is 5.91 Å². The van der Waals surface area contributed by atoms with Crippen LogP contribution in [0.4, 0.5) is 0 Å². The minimum Gasteiger partial charge on any atom is -0.366 e. The molecule has 0 aliphatic carbocycles. The van der Waals surface area contributed by atoms with E-state index in [0.717, 1.165) is 18.7 Å². The van der Waals surface area contributed by atoms with Gasteiger partial charge in [0.15, 0.2) is 0 Å². The fourth-order valence-electron chi connectivity index (χ4n) is 0.777. The molecule has 0 spiro atoms. The minimum atomic E-state index is -0.239. The number of carbonyl (C=O) groups is 1. The molecule has 4 heteroatoms. The molecule has 0 aliphatic heterocycles. The van der Waals surface area contributed by atoms with Gasteiger partial charge in [0.25, 0.3) is 0 Å². The molecule has 14 heavy (non-hydrogen) atoms. The Hall–Kier alpha value is -0.220. The van der Waals surface area contributed by atoms with Crippen LogP contribution in [0.25, 0.3) is 0 Å². The molecule has 0 bridgehead atoms. The van der Waals surface area contributed by atoms with Crippen molar-refractivity contribution in [2.45, 2.75) is 32.8 Å². The van der Waals surface area contributed by atoms with Crippen molar-refractivity contribution in [3.8, 4) is 0 Å². The van der Waals surface area contributed by atoms with Gasteiger partial charge < -0.3 is 10.1 Å². The van der Waals surface area contributed by atoms with Crippen molar-refractivity contribution in [1.82, 2.24) is 5.32 Å². The molecule has 0 saturated heterocycles. The van der Waals surface area contributed by atoms with Crippen molar-refractivity contribution < 1.29 is 9.53 Å². The molecule has 0 radical (unpaired) electrons. The Morgan fingerprint density at radius 3 is 2.57 bits per heavy atom. The first kappa shape index (κ1) is 13.8. The highest BCUT2D eigenvalue weighted by atomic mass is 32.2. The van der Waals surface area contributed by atoms with Crippen LogP contribution in [0.3, 0.4) is 0 Å². The van der Waals surface area contributed by atoms with Crippen LogP contribution in [0.1, 0.15) is 27.2 Å². The van der Waals surface area contributed by atoms with Crippen LogP contribution in [0.5, 0.6) is 0 Å². The van der Waals surface area contributed by atoms with Crippen LogP contribution in [0, 0.1) is 0 Å². The molecule has 0 fully saturated rings. The molecule has 0 atom stereocenters. The predicted octanol–water partition coefficient (Wildman–Crippen LogP) is 1.67. The highest BCUT2D eigenvalue weighted by molar-refractivity contribution is 7.98. The molecule has 0 rings (SSSR count). The highest BCUT2D eigenvalue weighted by Gasteiger charge is 2.12. The van der Waals surface area contributed by atoms with Gasteiger partial charge in [-0.3, -0.25) is 4.79 Å². The van der Waals surface area contributed by atoms with Crippen LogP contribution in [0.15, 0.2) is 0 Å². The summed E-state index contributed by atoms with van der Waals surface area (Å²) in [7, 11) is 0. The van der Waals surface area contributed by atoms with E-state index in [1.54, 1.807) is 11.8 Å². The number of rotatable bonds is 6. The lowest BCUT2D eigenvalue weighted by Gasteiger charge is -2.18. The fraction of sp³-hybridized carbons (Fsp3) is 0.900. The van der Waals surface area contributed by atoms with Crippen molar-refractivity contribution in [1.29, 1.82) is 0 Å². The molecule has 0 saturated carbocycles. The second-order valence-electron chi connectivity index (χ2n) is 4.10. The fourth-order valence-corrected chi connectivity index (χ4v) is 1.21. The summed E-state index contributed by atoms with van der Waals surface area (Å²) in [5.74, 6) is 1.06. The summed E-state index contributed by atoms with van der Waals surface area (Å²) in [6.45, 7) is 6.71. The van der Waals surface area contributed by atoms with E-state index in [2.05, 4.69) is 11.6 Å². The van der Waals surface area contributed by atoms with Gasteiger partial charge in [0.1, 0.15) is 6.61 Å². The van der Waals surface area contributed by atoms with Gasteiger partial charge in [-0.05, 0) is 39.2 Å². The van der Waals surface area contributed by atoms with E-state index in [-0.39, 0.29) is 18.1 Å². The normalized spacial score (nSPS) is 11.4. The summed E-state index contributed by atoms with van der Waals surface area (Å²) in [6, 6.07) is 0. The Balaban J connectivity index is 3.38. The Kier molecular flexibility index (Phi) is 7.01. The van der Waals surface area contributed by atoms with E-state index in [1.165, 1.54) is 0 Å². The first-order valence-electron chi connectivity index (χ1n) is 4.85. The third-order valence-corrected chi connectivity index (χ3v) is 2.18. The quantitative estimate of drug-likeness (QED) is 0.691. The van der Waals surface area contributed by atoms with Crippen molar-refractivity contribution in [2.24, 2.45) is 0 Å². The molecule has 1 amide bonds. The molecule has 0 aromatic heterocycles. The molecule has 1 N–H and O–H groups in total. The summed E-state index contributed by atoms with van der Waals surface area (Å²) in [6.07, 6.45) is 3.08. The van der Waals surface area contributed by atoms with E-state index in [9.17, 15) is 4.79 Å².